The van der Waals surface area contributed by atoms with E-state index in [9.17, 15) is 4.79 Å². The van der Waals surface area contributed by atoms with Crippen molar-refractivity contribution in [3.63, 3.8) is 0 Å². The molecule has 1 aliphatic rings. The van der Waals surface area contributed by atoms with Gasteiger partial charge in [0.25, 0.3) is 0 Å². The fourth-order valence-electron chi connectivity index (χ4n) is 2.11. The Bertz CT molecular complexity index is 502. The number of hydrogen-bond acceptors (Lipinski definition) is 5. The van der Waals surface area contributed by atoms with Gasteiger partial charge in [-0.15, -0.1) is 0 Å². The van der Waals surface area contributed by atoms with Gasteiger partial charge in [0.05, 0.1) is 6.54 Å². The lowest BCUT2D eigenvalue weighted by atomic mass is 10.1. The molecule has 1 aliphatic heterocycles. The molecule has 1 saturated heterocycles. The smallest absolute Gasteiger partial charge is 0.241 e. The second kappa shape index (κ2) is 6.14. The molecule has 0 radical (unpaired) electrons. The van der Waals surface area contributed by atoms with Crippen molar-refractivity contribution in [2.75, 3.05) is 25.0 Å². The maximum Gasteiger partial charge on any atom is 0.241 e. The Labute approximate surface area is 112 Å². The van der Waals surface area contributed by atoms with E-state index in [2.05, 4.69) is 15.3 Å². The normalized spacial score (nSPS) is 14.8. The Kier molecular flexibility index (Phi) is 4.29. The molecule has 6 nitrogen and oxygen atoms in total. The summed E-state index contributed by atoms with van der Waals surface area (Å²) in [5.41, 5.74) is 1.01. The van der Waals surface area contributed by atoms with E-state index in [4.69, 9.17) is 5.26 Å². The van der Waals surface area contributed by atoms with Gasteiger partial charge in [-0.05, 0) is 32.3 Å². The molecule has 1 amide bonds. The quantitative estimate of drug-likeness (QED) is 0.878. The first kappa shape index (κ1) is 13.3. The molecule has 0 aliphatic carbocycles. The van der Waals surface area contributed by atoms with Crippen molar-refractivity contribution >= 4 is 11.9 Å². The number of nitrogens with one attached hydrogen (secondary N) is 1. The van der Waals surface area contributed by atoms with Crippen LogP contribution in [0.1, 0.15) is 30.7 Å². The average Bonchev–Trinajstić information content (AvgIpc) is 2.45. The van der Waals surface area contributed by atoms with Crippen LogP contribution in [0.25, 0.3) is 0 Å². The minimum Gasteiger partial charge on any atom is -0.345 e. The van der Waals surface area contributed by atoms with Crippen LogP contribution in [0.5, 0.6) is 0 Å². The summed E-state index contributed by atoms with van der Waals surface area (Å²) in [5, 5.41) is 11.7. The van der Waals surface area contributed by atoms with Crippen molar-refractivity contribution in [2.24, 2.45) is 0 Å². The summed E-state index contributed by atoms with van der Waals surface area (Å²) in [7, 11) is 0. The third-order valence-electron chi connectivity index (χ3n) is 3.08. The van der Waals surface area contributed by atoms with Crippen LogP contribution in [0, 0.1) is 18.3 Å². The SMILES string of the molecule is Cc1cc(C#N)nc(NCC(=O)N2CCCCC2)n1. The third-order valence-corrected chi connectivity index (χ3v) is 3.08. The largest absolute Gasteiger partial charge is 0.345 e. The fraction of sp³-hybridized carbons (Fsp3) is 0.538. The molecule has 0 aromatic carbocycles. The number of aryl methyl sites for hydroxylation is 1. The third kappa shape index (κ3) is 3.65. The first-order valence-electron chi connectivity index (χ1n) is 6.46. The number of rotatable bonds is 3. The molecule has 0 unspecified atom stereocenters. The number of aromatic nitrogens is 2. The zero-order valence-corrected chi connectivity index (χ0v) is 11.0. The van der Waals surface area contributed by atoms with Crippen LogP contribution >= 0.6 is 0 Å². The van der Waals surface area contributed by atoms with Crippen molar-refractivity contribution in [2.45, 2.75) is 26.2 Å². The van der Waals surface area contributed by atoms with Crippen molar-refractivity contribution in [3.8, 4) is 6.07 Å². The second-order valence-corrected chi connectivity index (χ2v) is 4.62. The van der Waals surface area contributed by atoms with E-state index >= 15 is 0 Å². The topological polar surface area (TPSA) is 81.9 Å². The molecule has 1 aromatic rings. The molecular formula is C13H17N5O. The number of amides is 1. The Morgan fingerprint density at radius 1 is 1.42 bits per heavy atom. The zero-order valence-electron chi connectivity index (χ0n) is 11.0. The molecule has 1 fully saturated rings. The number of carbonyl (C=O) groups excluding carboxylic acids is 1. The van der Waals surface area contributed by atoms with Crippen LogP contribution in [0.3, 0.4) is 0 Å². The summed E-state index contributed by atoms with van der Waals surface area (Å²) in [4.78, 5) is 22.0. The van der Waals surface area contributed by atoms with Crippen molar-refractivity contribution < 1.29 is 4.79 Å². The Balaban J connectivity index is 1.93. The van der Waals surface area contributed by atoms with E-state index in [-0.39, 0.29) is 12.5 Å². The molecule has 6 heteroatoms. The minimum atomic E-state index is 0.0586. The molecular weight excluding hydrogens is 242 g/mol. The first-order valence-corrected chi connectivity index (χ1v) is 6.46. The van der Waals surface area contributed by atoms with Crippen LogP contribution < -0.4 is 5.32 Å². The summed E-state index contributed by atoms with van der Waals surface area (Å²) < 4.78 is 0. The van der Waals surface area contributed by atoms with Crippen LogP contribution in [0.2, 0.25) is 0 Å². The predicted octanol–water partition coefficient (Wildman–Crippen LogP) is 1.08. The molecule has 0 spiro atoms. The lowest BCUT2D eigenvalue weighted by Crippen LogP contribution is -2.39. The van der Waals surface area contributed by atoms with Gasteiger partial charge in [-0.1, -0.05) is 0 Å². The van der Waals surface area contributed by atoms with Crippen molar-refractivity contribution in [3.05, 3.63) is 17.5 Å². The van der Waals surface area contributed by atoms with E-state index in [0.29, 0.717) is 17.3 Å². The molecule has 2 rings (SSSR count). The average molecular weight is 259 g/mol. The number of nitriles is 1. The molecule has 1 aromatic heterocycles. The standard InChI is InChI=1S/C13H17N5O/c1-10-7-11(8-14)17-13(16-10)15-9-12(19)18-5-3-2-4-6-18/h7H,2-6,9H2,1H3,(H,15,16,17). The number of anilines is 1. The highest BCUT2D eigenvalue weighted by molar-refractivity contribution is 5.80. The summed E-state index contributed by atoms with van der Waals surface area (Å²) in [5.74, 6) is 0.394. The number of hydrogen-bond donors (Lipinski definition) is 1. The van der Waals surface area contributed by atoms with Crippen molar-refractivity contribution in [1.82, 2.24) is 14.9 Å². The Morgan fingerprint density at radius 3 is 2.84 bits per heavy atom. The van der Waals surface area contributed by atoms with E-state index in [0.717, 1.165) is 25.9 Å². The van der Waals surface area contributed by atoms with Crippen LogP contribution in [0.15, 0.2) is 6.07 Å². The molecule has 0 atom stereocenters. The van der Waals surface area contributed by atoms with Gasteiger partial charge in [-0.25, -0.2) is 9.97 Å². The summed E-state index contributed by atoms with van der Waals surface area (Å²) >= 11 is 0. The van der Waals surface area contributed by atoms with E-state index < -0.39 is 0 Å². The molecule has 0 saturated carbocycles. The number of carbonyl (C=O) groups is 1. The van der Waals surface area contributed by atoms with Crippen LogP contribution in [-0.4, -0.2) is 40.4 Å². The van der Waals surface area contributed by atoms with Gasteiger partial charge in [0.15, 0.2) is 0 Å². The molecule has 100 valence electrons. The number of piperidine rings is 1. The highest BCUT2D eigenvalue weighted by atomic mass is 16.2. The zero-order chi connectivity index (χ0) is 13.7. The monoisotopic (exact) mass is 259 g/mol. The van der Waals surface area contributed by atoms with Crippen LogP contribution in [-0.2, 0) is 4.79 Å². The predicted molar refractivity (Wildman–Crippen MR) is 70.4 cm³/mol. The van der Waals surface area contributed by atoms with Gasteiger partial charge < -0.3 is 10.2 Å². The van der Waals surface area contributed by atoms with Gasteiger partial charge >= 0.3 is 0 Å². The fourth-order valence-corrected chi connectivity index (χ4v) is 2.11. The summed E-state index contributed by atoms with van der Waals surface area (Å²) in [6, 6.07) is 3.58. The molecule has 19 heavy (non-hydrogen) atoms. The molecule has 2 heterocycles. The second-order valence-electron chi connectivity index (χ2n) is 4.62. The van der Waals surface area contributed by atoms with Gasteiger partial charge in [-0.2, -0.15) is 5.26 Å². The van der Waals surface area contributed by atoms with Crippen LogP contribution in [0.4, 0.5) is 5.95 Å². The first-order chi connectivity index (χ1) is 9.19. The lowest BCUT2D eigenvalue weighted by Gasteiger charge is -2.26. The summed E-state index contributed by atoms with van der Waals surface area (Å²) in [6.45, 7) is 3.63. The van der Waals surface area contributed by atoms with Gasteiger partial charge in [0.2, 0.25) is 11.9 Å². The highest BCUT2D eigenvalue weighted by Crippen LogP contribution is 2.09. The molecule has 1 N–H and O–H groups in total. The highest BCUT2D eigenvalue weighted by Gasteiger charge is 2.16. The van der Waals surface area contributed by atoms with Gasteiger partial charge in [0.1, 0.15) is 11.8 Å². The number of likely N-dealkylation sites (tertiary alicyclic amines) is 1. The van der Waals surface area contributed by atoms with Gasteiger partial charge in [-0.3, -0.25) is 4.79 Å². The van der Waals surface area contributed by atoms with Gasteiger partial charge in [0, 0.05) is 18.8 Å². The van der Waals surface area contributed by atoms with E-state index in [1.807, 2.05) is 11.0 Å². The Morgan fingerprint density at radius 2 is 2.16 bits per heavy atom. The van der Waals surface area contributed by atoms with E-state index in [1.54, 1.807) is 13.0 Å². The van der Waals surface area contributed by atoms with E-state index in [1.165, 1.54) is 6.42 Å². The maximum absolute atomic E-state index is 12.0. The minimum absolute atomic E-state index is 0.0586. The number of nitrogens with zero attached hydrogens (tertiary/aromatic N) is 4. The van der Waals surface area contributed by atoms with Crippen molar-refractivity contribution in [1.29, 1.82) is 5.26 Å². The molecule has 0 bridgehead atoms. The lowest BCUT2D eigenvalue weighted by molar-refractivity contribution is -0.130. The summed E-state index contributed by atoms with van der Waals surface area (Å²) in [6.07, 6.45) is 3.35. The maximum atomic E-state index is 12.0. The Hall–Kier alpha value is -2.16.